The molecule has 13 heavy (non-hydrogen) atoms. The molecule has 0 atom stereocenters. The highest BCUT2D eigenvalue weighted by atomic mass is 14.7. The third kappa shape index (κ3) is 2.41. The van der Waals surface area contributed by atoms with Crippen molar-refractivity contribution in [2.24, 2.45) is 4.99 Å². The molecule has 0 aliphatic carbocycles. The topological polar surface area (TPSA) is 36.1 Å². The van der Waals surface area contributed by atoms with Crippen molar-refractivity contribution in [3.63, 3.8) is 0 Å². The van der Waals surface area contributed by atoms with E-state index in [2.05, 4.69) is 11.1 Å². The highest BCUT2D eigenvalue weighted by Crippen LogP contribution is 2.04. The molecule has 0 saturated carbocycles. The average molecular weight is 172 g/mol. The van der Waals surface area contributed by atoms with Crippen LogP contribution in [0.2, 0.25) is 0 Å². The van der Waals surface area contributed by atoms with Gasteiger partial charge in [0.05, 0.1) is 11.6 Å². The monoisotopic (exact) mass is 172 g/mol. The van der Waals surface area contributed by atoms with Gasteiger partial charge in [-0.1, -0.05) is 12.1 Å². The van der Waals surface area contributed by atoms with E-state index in [1.165, 1.54) is 0 Å². The summed E-state index contributed by atoms with van der Waals surface area (Å²) in [5.74, 6) is 0. The van der Waals surface area contributed by atoms with Crippen molar-refractivity contribution in [3.8, 4) is 6.07 Å². The molecule has 0 saturated heterocycles. The maximum Gasteiger partial charge on any atom is 0.0991 e. The van der Waals surface area contributed by atoms with Gasteiger partial charge in [0.2, 0.25) is 0 Å². The molecule has 0 aliphatic heterocycles. The van der Waals surface area contributed by atoms with Gasteiger partial charge in [-0.05, 0) is 31.5 Å². The van der Waals surface area contributed by atoms with Gasteiger partial charge in [-0.15, -0.1) is 0 Å². The quantitative estimate of drug-likeness (QED) is 0.631. The van der Waals surface area contributed by atoms with Crippen molar-refractivity contribution in [3.05, 3.63) is 35.4 Å². The van der Waals surface area contributed by atoms with Gasteiger partial charge < -0.3 is 0 Å². The van der Waals surface area contributed by atoms with Crippen LogP contribution in [0, 0.1) is 11.3 Å². The predicted molar refractivity (Wildman–Crippen MR) is 53.9 cm³/mol. The first kappa shape index (κ1) is 9.47. The smallest absolute Gasteiger partial charge is 0.0991 e. The van der Waals surface area contributed by atoms with E-state index in [0.29, 0.717) is 5.56 Å². The minimum atomic E-state index is 0.688. The number of nitrogens with zero attached hydrogens (tertiary/aromatic N) is 2. The fourth-order valence-electron chi connectivity index (χ4n) is 1.11. The maximum absolute atomic E-state index is 8.59. The Morgan fingerprint density at radius 1 is 1.38 bits per heavy atom. The van der Waals surface area contributed by atoms with E-state index in [4.69, 9.17) is 5.26 Å². The SMILES string of the molecule is CCN=C(C)c1ccc(C#N)cc1. The summed E-state index contributed by atoms with van der Waals surface area (Å²) < 4.78 is 0. The second-order valence-electron chi connectivity index (χ2n) is 2.75. The van der Waals surface area contributed by atoms with E-state index in [1.807, 2.05) is 38.1 Å². The third-order valence-corrected chi connectivity index (χ3v) is 1.83. The molecule has 0 fully saturated rings. The number of benzene rings is 1. The molecule has 2 heteroatoms. The van der Waals surface area contributed by atoms with E-state index >= 15 is 0 Å². The molecular weight excluding hydrogens is 160 g/mol. The molecule has 0 unspecified atom stereocenters. The first-order valence-electron chi connectivity index (χ1n) is 4.29. The Morgan fingerprint density at radius 3 is 2.46 bits per heavy atom. The van der Waals surface area contributed by atoms with E-state index < -0.39 is 0 Å². The second-order valence-corrected chi connectivity index (χ2v) is 2.75. The van der Waals surface area contributed by atoms with E-state index in [-0.39, 0.29) is 0 Å². The Morgan fingerprint density at radius 2 is 2.00 bits per heavy atom. The summed E-state index contributed by atoms with van der Waals surface area (Å²) in [6, 6.07) is 9.55. The van der Waals surface area contributed by atoms with Crippen LogP contribution < -0.4 is 0 Å². The van der Waals surface area contributed by atoms with Crippen LogP contribution in [-0.2, 0) is 0 Å². The summed E-state index contributed by atoms with van der Waals surface area (Å²) in [6.45, 7) is 4.78. The fourth-order valence-corrected chi connectivity index (χ4v) is 1.11. The van der Waals surface area contributed by atoms with Gasteiger partial charge in [-0.3, -0.25) is 4.99 Å². The lowest BCUT2D eigenvalue weighted by atomic mass is 10.1. The molecule has 0 aromatic heterocycles. The van der Waals surface area contributed by atoms with Gasteiger partial charge in [0.15, 0.2) is 0 Å². The van der Waals surface area contributed by atoms with Crippen LogP contribution in [0.15, 0.2) is 29.3 Å². The first-order chi connectivity index (χ1) is 6.27. The minimum absolute atomic E-state index is 0.688. The number of hydrogen-bond donors (Lipinski definition) is 0. The van der Waals surface area contributed by atoms with Gasteiger partial charge in [0.1, 0.15) is 0 Å². The van der Waals surface area contributed by atoms with Crippen LogP contribution in [0.25, 0.3) is 0 Å². The average Bonchev–Trinajstić information content (AvgIpc) is 2.18. The van der Waals surface area contributed by atoms with E-state index in [0.717, 1.165) is 17.8 Å². The molecule has 0 heterocycles. The van der Waals surface area contributed by atoms with Crippen LogP contribution >= 0.6 is 0 Å². The molecule has 0 radical (unpaired) electrons. The van der Waals surface area contributed by atoms with Gasteiger partial charge in [0.25, 0.3) is 0 Å². The highest BCUT2D eigenvalue weighted by molar-refractivity contribution is 5.98. The fraction of sp³-hybridized carbons (Fsp3) is 0.273. The molecule has 1 rings (SSSR count). The van der Waals surface area contributed by atoms with Crippen molar-refractivity contribution >= 4 is 5.71 Å². The number of nitriles is 1. The lowest BCUT2D eigenvalue weighted by Crippen LogP contribution is -1.94. The number of hydrogen-bond acceptors (Lipinski definition) is 2. The molecule has 1 aromatic carbocycles. The summed E-state index contributed by atoms with van der Waals surface area (Å²) in [6.07, 6.45) is 0. The van der Waals surface area contributed by atoms with Gasteiger partial charge in [-0.2, -0.15) is 5.26 Å². The summed E-state index contributed by atoms with van der Waals surface area (Å²) in [5.41, 5.74) is 2.79. The Hall–Kier alpha value is -1.62. The lowest BCUT2D eigenvalue weighted by molar-refractivity contribution is 1.13. The van der Waals surface area contributed by atoms with Gasteiger partial charge >= 0.3 is 0 Å². The molecule has 1 aromatic rings. The number of aliphatic imine (C=N–C) groups is 1. The molecule has 0 amide bonds. The Labute approximate surface area is 78.5 Å². The van der Waals surface area contributed by atoms with Crippen LogP contribution in [-0.4, -0.2) is 12.3 Å². The van der Waals surface area contributed by atoms with Crippen LogP contribution in [0.3, 0.4) is 0 Å². The largest absolute Gasteiger partial charge is 0.290 e. The lowest BCUT2D eigenvalue weighted by Gasteiger charge is -1.99. The van der Waals surface area contributed by atoms with Crippen LogP contribution in [0.5, 0.6) is 0 Å². The predicted octanol–water partition coefficient (Wildman–Crippen LogP) is 2.39. The minimum Gasteiger partial charge on any atom is -0.290 e. The summed E-state index contributed by atoms with van der Waals surface area (Å²) >= 11 is 0. The van der Waals surface area contributed by atoms with Crippen molar-refractivity contribution < 1.29 is 0 Å². The molecular formula is C11H12N2. The zero-order valence-electron chi connectivity index (χ0n) is 7.91. The van der Waals surface area contributed by atoms with Gasteiger partial charge in [-0.25, -0.2) is 0 Å². The maximum atomic E-state index is 8.59. The van der Waals surface area contributed by atoms with Crippen molar-refractivity contribution in [1.29, 1.82) is 5.26 Å². The van der Waals surface area contributed by atoms with E-state index in [1.54, 1.807) is 0 Å². The Balaban J connectivity index is 2.94. The normalized spacial score (nSPS) is 11.0. The van der Waals surface area contributed by atoms with E-state index in [9.17, 15) is 0 Å². The number of rotatable bonds is 2. The third-order valence-electron chi connectivity index (χ3n) is 1.83. The molecule has 0 N–H and O–H groups in total. The second kappa shape index (κ2) is 4.42. The van der Waals surface area contributed by atoms with Crippen LogP contribution in [0.1, 0.15) is 25.0 Å². The van der Waals surface area contributed by atoms with Crippen molar-refractivity contribution in [2.75, 3.05) is 6.54 Å². The summed E-state index contributed by atoms with van der Waals surface area (Å²) in [7, 11) is 0. The molecule has 66 valence electrons. The zero-order chi connectivity index (χ0) is 9.68. The standard InChI is InChI=1S/C11H12N2/c1-3-13-9(2)11-6-4-10(8-12)5-7-11/h4-7H,3H2,1-2H3. The molecule has 0 bridgehead atoms. The first-order valence-corrected chi connectivity index (χ1v) is 4.29. The highest BCUT2D eigenvalue weighted by Gasteiger charge is 1.95. The van der Waals surface area contributed by atoms with Crippen LogP contribution in [0.4, 0.5) is 0 Å². The Kier molecular flexibility index (Phi) is 3.22. The van der Waals surface area contributed by atoms with Crippen molar-refractivity contribution in [1.82, 2.24) is 0 Å². The molecule has 2 nitrogen and oxygen atoms in total. The zero-order valence-corrected chi connectivity index (χ0v) is 7.91. The summed E-state index contributed by atoms with van der Waals surface area (Å²) in [5, 5.41) is 8.59. The van der Waals surface area contributed by atoms with Gasteiger partial charge in [0, 0.05) is 12.3 Å². The molecule has 0 aliphatic rings. The molecule has 0 spiro atoms. The summed E-state index contributed by atoms with van der Waals surface area (Å²) in [4.78, 5) is 4.28. The Bertz CT molecular complexity index is 341. The van der Waals surface area contributed by atoms with Crippen molar-refractivity contribution in [2.45, 2.75) is 13.8 Å².